The van der Waals surface area contributed by atoms with Crippen LogP contribution < -0.4 is 15.6 Å². The predicted molar refractivity (Wildman–Crippen MR) is 123 cm³/mol. The van der Waals surface area contributed by atoms with E-state index >= 15 is 0 Å². The summed E-state index contributed by atoms with van der Waals surface area (Å²) in [6.07, 6.45) is -4.66. The molecule has 1 heterocycles. The van der Waals surface area contributed by atoms with Crippen LogP contribution in [-0.2, 0) is 6.18 Å². The quantitative estimate of drug-likeness (QED) is 0.337. The molecule has 174 valence electrons. The molecule has 0 bridgehead atoms. The smallest absolute Gasteiger partial charge is 0.416 e. The van der Waals surface area contributed by atoms with Crippen LogP contribution in [0.5, 0.6) is 11.5 Å². The van der Waals surface area contributed by atoms with E-state index in [1.54, 1.807) is 12.1 Å². The number of amides is 1. The number of pyridine rings is 1. The number of benzene rings is 3. The average molecular weight is 489 g/mol. The number of aromatic hydroxyl groups is 1. The molecule has 0 saturated heterocycles. The zero-order chi connectivity index (χ0) is 24.6. The molecule has 4 aromatic rings. The van der Waals surface area contributed by atoms with Gasteiger partial charge in [0, 0.05) is 32.6 Å². The van der Waals surface area contributed by atoms with Crippen molar-refractivity contribution < 1.29 is 27.8 Å². The van der Waals surface area contributed by atoms with Crippen molar-refractivity contribution in [2.24, 2.45) is 0 Å². The van der Waals surface area contributed by atoms with Gasteiger partial charge in [-0.25, -0.2) is 0 Å². The normalized spacial score (nSPS) is 11.4. The summed E-state index contributed by atoms with van der Waals surface area (Å²) in [6.45, 7) is 0. The first-order chi connectivity index (χ1) is 16.1. The number of halogens is 4. The Morgan fingerprint density at radius 3 is 2.41 bits per heavy atom. The van der Waals surface area contributed by atoms with Gasteiger partial charge in [-0.15, -0.1) is 0 Å². The second kappa shape index (κ2) is 8.75. The van der Waals surface area contributed by atoms with E-state index in [2.05, 4.69) is 10.3 Å². The van der Waals surface area contributed by atoms with Gasteiger partial charge in [0.05, 0.1) is 12.7 Å². The number of ether oxygens (including phenoxy) is 1. The SMILES string of the molecule is COc1ccc(C(=O)Nc2c(-c3cc(Cl)ccc3O)c3cc(C(F)(F)F)ccc3[nH]c2=O)cc1. The number of methoxy groups -OCH3 is 1. The first-order valence-corrected chi connectivity index (χ1v) is 10.2. The Hall–Kier alpha value is -3.98. The summed E-state index contributed by atoms with van der Waals surface area (Å²) in [5.74, 6) is -0.528. The fraction of sp³-hybridized carbons (Fsp3) is 0.0833. The van der Waals surface area contributed by atoms with Crippen LogP contribution in [-0.4, -0.2) is 23.1 Å². The van der Waals surface area contributed by atoms with Crippen LogP contribution in [0.2, 0.25) is 5.02 Å². The lowest BCUT2D eigenvalue weighted by atomic mass is 9.96. The van der Waals surface area contributed by atoms with Crippen LogP contribution in [0.1, 0.15) is 15.9 Å². The Morgan fingerprint density at radius 1 is 1.06 bits per heavy atom. The molecule has 4 rings (SSSR count). The van der Waals surface area contributed by atoms with Crippen molar-refractivity contribution in [3.05, 3.63) is 87.2 Å². The van der Waals surface area contributed by atoms with Crippen LogP contribution in [0.4, 0.5) is 18.9 Å². The number of carbonyl (C=O) groups is 1. The van der Waals surface area contributed by atoms with Gasteiger partial charge < -0.3 is 20.1 Å². The van der Waals surface area contributed by atoms with Crippen molar-refractivity contribution in [1.29, 1.82) is 0 Å². The fourth-order valence-corrected chi connectivity index (χ4v) is 3.68. The number of nitrogens with one attached hydrogen (secondary N) is 2. The maximum Gasteiger partial charge on any atom is 0.416 e. The van der Waals surface area contributed by atoms with E-state index in [9.17, 15) is 27.9 Å². The Bertz CT molecular complexity index is 1460. The highest BCUT2D eigenvalue weighted by Crippen LogP contribution is 2.41. The molecule has 34 heavy (non-hydrogen) atoms. The van der Waals surface area contributed by atoms with Gasteiger partial charge in [0.2, 0.25) is 0 Å². The molecule has 3 N–H and O–H groups in total. The van der Waals surface area contributed by atoms with E-state index in [1.165, 1.54) is 37.4 Å². The maximum atomic E-state index is 13.4. The van der Waals surface area contributed by atoms with Crippen LogP contribution in [0.15, 0.2) is 65.5 Å². The molecule has 6 nitrogen and oxygen atoms in total. The molecule has 0 spiro atoms. The zero-order valence-electron chi connectivity index (χ0n) is 17.5. The highest BCUT2D eigenvalue weighted by atomic mass is 35.5. The van der Waals surface area contributed by atoms with Crippen LogP contribution in [0.25, 0.3) is 22.0 Å². The Labute approximate surface area is 195 Å². The summed E-state index contributed by atoms with van der Waals surface area (Å²) in [5.41, 5.74) is -1.96. The summed E-state index contributed by atoms with van der Waals surface area (Å²) >= 11 is 6.07. The molecular weight excluding hydrogens is 473 g/mol. The molecule has 0 saturated carbocycles. The second-order valence-electron chi connectivity index (χ2n) is 7.31. The second-order valence-corrected chi connectivity index (χ2v) is 7.74. The van der Waals surface area contributed by atoms with Gasteiger partial charge in [-0.3, -0.25) is 9.59 Å². The molecule has 1 aromatic heterocycles. The number of rotatable bonds is 4. The fourth-order valence-electron chi connectivity index (χ4n) is 3.51. The third-order valence-electron chi connectivity index (χ3n) is 5.16. The number of phenolic OH excluding ortho intramolecular Hbond substituents is 1. The minimum absolute atomic E-state index is 0.0204. The maximum absolute atomic E-state index is 13.4. The molecule has 10 heteroatoms. The lowest BCUT2D eigenvalue weighted by Crippen LogP contribution is -2.21. The first kappa shape index (κ1) is 23.2. The summed E-state index contributed by atoms with van der Waals surface area (Å²) in [6, 6.07) is 12.7. The number of anilines is 1. The summed E-state index contributed by atoms with van der Waals surface area (Å²) in [4.78, 5) is 28.3. The van der Waals surface area contributed by atoms with Crippen LogP contribution in [0, 0.1) is 0 Å². The Morgan fingerprint density at radius 2 is 1.76 bits per heavy atom. The number of phenols is 1. The molecule has 0 aliphatic heterocycles. The van der Waals surface area contributed by atoms with Crippen molar-refractivity contribution in [2.75, 3.05) is 12.4 Å². The lowest BCUT2D eigenvalue weighted by Gasteiger charge is -2.16. The van der Waals surface area contributed by atoms with E-state index < -0.39 is 23.2 Å². The van der Waals surface area contributed by atoms with E-state index in [1.807, 2.05) is 0 Å². The first-order valence-electron chi connectivity index (χ1n) is 9.80. The minimum Gasteiger partial charge on any atom is -0.507 e. The predicted octanol–water partition coefficient (Wildman–Crippen LogP) is 5.83. The van der Waals surface area contributed by atoms with Crippen molar-refractivity contribution >= 4 is 34.1 Å². The number of aromatic nitrogens is 1. The Kier molecular flexibility index (Phi) is 5.97. The Balaban J connectivity index is 1.97. The number of aromatic amines is 1. The molecule has 0 unspecified atom stereocenters. The largest absolute Gasteiger partial charge is 0.507 e. The summed E-state index contributed by atoms with van der Waals surface area (Å²) in [7, 11) is 1.46. The minimum atomic E-state index is -4.66. The van der Waals surface area contributed by atoms with Crippen molar-refractivity contribution in [2.45, 2.75) is 6.18 Å². The number of hydrogen-bond donors (Lipinski definition) is 3. The van der Waals surface area contributed by atoms with E-state index in [0.717, 1.165) is 18.2 Å². The molecule has 0 atom stereocenters. The van der Waals surface area contributed by atoms with Crippen molar-refractivity contribution in [3.63, 3.8) is 0 Å². The third kappa shape index (κ3) is 4.42. The average Bonchev–Trinajstić information content (AvgIpc) is 2.80. The highest BCUT2D eigenvalue weighted by molar-refractivity contribution is 6.31. The van der Waals surface area contributed by atoms with E-state index in [4.69, 9.17) is 16.3 Å². The van der Waals surface area contributed by atoms with Gasteiger partial charge in [-0.1, -0.05) is 11.6 Å². The third-order valence-corrected chi connectivity index (χ3v) is 5.40. The topological polar surface area (TPSA) is 91.4 Å². The summed E-state index contributed by atoms with van der Waals surface area (Å²) in [5, 5.41) is 13.1. The van der Waals surface area contributed by atoms with Crippen LogP contribution in [0.3, 0.4) is 0 Å². The molecule has 1 amide bonds. The number of hydrogen-bond acceptors (Lipinski definition) is 4. The van der Waals surface area contributed by atoms with Crippen molar-refractivity contribution in [3.8, 4) is 22.6 Å². The van der Waals surface area contributed by atoms with E-state index in [-0.39, 0.29) is 44.1 Å². The number of alkyl halides is 3. The summed E-state index contributed by atoms with van der Waals surface area (Å²) < 4.78 is 45.4. The lowest BCUT2D eigenvalue weighted by molar-refractivity contribution is -0.137. The van der Waals surface area contributed by atoms with E-state index in [0.29, 0.717) is 5.75 Å². The molecule has 3 aromatic carbocycles. The number of carbonyl (C=O) groups excluding carboxylic acids is 1. The molecular formula is C24H16ClF3N2O4. The zero-order valence-corrected chi connectivity index (χ0v) is 18.2. The number of H-pyrrole nitrogens is 1. The molecule has 0 aliphatic rings. The number of fused-ring (bicyclic) bond motifs is 1. The van der Waals surface area contributed by atoms with Gasteiger partial charge in [0.1, 0.15) is 17.2 Å². The van der Waals surface area contributed by atoms with Gasteiger partial charge in [0.15, 0.2) is 0 Å². The van der Waals surface area contributed by atoms with Crippen LogP contribution >= 0.6 is 11.6 Å². The van der Waals surface area contributed by atoms with Gasteiger partial charge in [0.25, 0.3) is 11.5 Å². The monoisotopic (exact) mass is 488 g/mol. The molecule has 0 radical (unpaired) electrons. The van der Waals surface area contributed by atoms with Gasteiger partial charge in [-0.05, 0) is 60.7 Å². The van der Waals surface area contributed by atoms with Gasteiger partial charge >= 0.3 is 6.18 Å². The highest BCUT2D eigenvalue weighted by Gasteiger charge is 2.31. The standard InChI is InChI=1S/C24H16ClF3N2O4/c1-34-15-6-2-12(3-7-15)22(32)30-21-20(17-11-14(25)5-9-19(17)31)16-10-13(24(26,27)28)4-8-18(16)29-23(21)33/h2-11,31H,1H3,(H,29,33)(H,30,32). The van der Waals surface area contributed by atoms with Gasteiger partial charge in [-0.2, -0.15) is 13.2 Å². The van der Waals surface area contributed by atoms with Crippen molar-refractivity contribution in [1.82, 2.24) is 4.98 Å². The molecule has 0 fully saturated rings. The molecule has 0 aliphatic carbocycles.